The average molecular weight is 296 g/mol. The van der Waals surface area contributed by atoms with Gasteiger partial charge in [0.2, 0.25) is 0 Å². The lowest BCUT2D eigenvalue weighted by Crippen LogP contribution is -2.27. The van der Waals surface area contributed by atoms with Crippen LogP contribution in [0.3, 0.4) is 0 Å². The average Bonchev–Trinajstić information content (AvgIpc) is 2.38. The Labute approximate surface area is 123 Å². The molecule has 0 spiro atoms. The van der Waals surface area contributed by atoms with Crippen LogP contribution in [0.4, 0.5) is 0 Å². The van der Waals surface area contributed by atoms with E-state index in [1.165, 1.54) is 0 Å². The molecule has 5 heteroatoms. The van der Waals surface area contributed by atoms with Crippen LogP contribution in [0.5, 0.6) is 0 Å². The van der Waals surface area contributed by atoms with E-state index in [1.54, 1.807) is 18.2 Å². The van der Waals surface area contributed by atoms with Crippen LogP contribution in [-0.4, -0.2) is 16.9 Å². The van der Waals surface area contributed by atoms with Crippen LogP contribution in [0.15, 0.2) is 23.4 Å². The first kappa shape index (κ1) is 14.9. The fourth-order valence-electron chi connectivity index (χ4n) is 2.15. The molecule has 2 rings (SSSR count). The van der Waals surface area contributed by atoms with E-state index in [0.717, 1.165) is 11.1 Å². The van der Waals surface area contributed by atoms with E-state index < -0.39 is 5.41 Å². The maximum Gasteiger partial charge on any atom is 0.311 e. The number of benzene rings is 1. The van der Waals surface area contributed by atoms with Gasteiger partial charge in [-0.05, 0) is 45.7 Å². The molecule has 1 N–H and O–H groups in total. The molecule has 0 radical (unpaired) electrons. The van der Waals surface area contributed by atoms with Gasteiger partial charge >= 0.3 is 5.97 Å². The lowest BCUT2D eigenvalue weighted by Gasteiger charge is -2.28. The Kier molecular flexibility index (Phi) is 4.04. The lowest BCUT2D eigenvalue weighted by atomic mass is 9.87. The molecule has 108 valence electrons. The summed E-state index contributed by atoms with van der Waals surface area (Å²) in [4.78, 5) is 12.0. The number of ether oxygens (including phenoxy) is 1. The van der Waals surface area contributed by atoms with Crippen molar-refractivity contribution in [1.82, 2.24) is 0 Å². The number of halogens is 1. The van der Waals surface area contributed by atoms with Gasteiger partial charge in [0.1, 0.15) is 6.10 Å². The molecule has 20 heavy (non-hydrogen) atoms. The Balaban J connectivity index is 2.34. The summed E-state index contributed by atoms with van der Waals surface area (Å²) in [6, 6.07) is 5.30. The molecular weight excluding hydrogens is 278 g/mol. The van der Waals surface area contributed by atoms with E-state index in [4.69, 9.17) is 21.5 Å². The van der Waals surface area contributed by atoms with Crippen LogP contribution in [0, 0.1) is 5.41 Å². The predicted octanol–water partition coefficient (Wildman–Crippen LogP) is 3.94. The normalized spacial score (nSPS) is 20.6. The number of esters is 1. The third-order valence-corrected chi connectivity index (χ3v) is 3.53. The molecule has 0 amide bonds. The summed E-state index contributed by atoms with van der Waals surface area (Å²) in [5.74, 6) is -0.252. The minimum absolute atomic E-state index is 0.252. The van der Waals surface area contributed by atoms with E-state index in [2.05, 4.69) is 5.16 Å². The van der Waals surface area contributed by atoms with E-state index >= 15 is 0 Å². The number of rotatable bonds is 1. The number of hydrogen-bond acceptors (Lipinski definition) is 4. The Morgan fingerprint density at radius 1 is 1.45 bits per heavy atom. The number of fused-ring (bicyclic) bond motifs is 1. The van der Waals surface area contributed by atoms with Crippen molar-refractivity contribution in [1.29, 1.82) is 0 Å². The summed E-state index contributed by atoms with van der Waals surface area (Å²) in [6.07, 6.45) is 0.808. The molecule has 0 heterocycles. The molecule has 1 atom stereocenters. The minimum atomic E-state index is -0.552. The van der Waals surface area contributed by atoms with Crippen molar-refractivity contribution in [2.45, 2.75) is 39.7 Å². The van der Waals surface area contributed by atoms with Gasteiger partial charge in [-0.25, -0.2) is 0 Å². The lowest BCUT2D eigenvalue weighted by molar-refractivity contribution is -0.159. The maximum absolute atomic E-state index is 12.0. The number of carbonyl (C=O) groups excluding carboxylic acids is 1. The molecule has 0 saturated carbocycles. The smallest absolute Gasteiger partial charge is 0.311 e. The summed E-state index contributed by atoms with van der Waals surface area (Å²) < 4.78 is 5.60. The molecule has 0 saturated heterocycles. The van der Waals surface area contributed by atoms with Gasteiger partial charge in [-0.1, -0.05) is 22.8 Å². The Hall–Kier alpha value is -1.55. The van der Waals surface area contributed by atoms with E-state index in [9.17, 15) is 4.79 Å². The van der Waals surface area contributed by atoms with Crippen LogP contribution >= 0.6 is 11.6 Å². The van der Waals surface area contributed by atoms with Gasteiger partial charge < -0.3 is 9.94 Å². The zero-order chi connectivity index (χ0) is 14.9. The molecule has 1 aromatic carbocycles. The van der Waals surface area contributed by atoms with Crippen LogP contribution in [0.2, 0.25) is 5.02 Å². The molecule has 0 aliphatic heterocycles. The first-order valence-electron chi connectivity index (χ1n) is 6.55. The SMILES string of the molecule is CC(C)(C)C(=O)OC1CC/C(=N\O)c2ccc(Cl)cc21. The second-order valence-electron chi connectivity index (χ2n) is 5.96. The van der Waals surface area contributed by atoms with Gasteiger partial charge in [-0.2, -0.15) is 0 Å². The third-order valence-electron chi connectivity index (χ3n) is 3.30. The first-order chi connectivity index (χ1) is 9.32. The predicted molar refractivity (Wildman–Crippen MR) is 77.3 cm³/mol. The standard InChI is InChI=1S/C15H18ClNO3/c1-15(2,3)14(18)20-13-7-6-12(17-19)10-5-4-9(16)8-11(10)13/h4-5,8,13,19H,6-7H2,1-3H3/b17-12+. The zero-order valence-corrected chi connectivity index (χ0v) is 12.6. The topological polar surface area (TPSA) is 58.9 Å². The van der Waals surface area contributed by atoms with Crippen LogP contribution in [0.1, 0.15) is 50.8 Å². The van der Waals surface area contributed by atoms with Crippen molar-refractivity contribution < 1.29 is 14.7 Å². The molecule has 1 aliphatic carbocycles. The molecule has 1 aliphatic rings. The largest absolute Gasteiger partial charge is 0.457 e. The van der Waals surface area contributed by atoms with Gasteiger partial charge in [0.15, 0.2) is 0 Å². The number of carbonyl (C=O) groups is 1. The second-order valence-corrected chi connectivity index (χ2v) is 6.40. The summed E-state index contributed by atoms with van der Waals surface area (Å²) >= 11 is 6.02. The van der Waals surface area contributed by atoms with Crippen LogP contribution in [-0.2, 0) is 9.53 Å². The van der Waals surface area contributed by atoms with Gasteiger partial charge in [-0.3, -0.25) is 4.79 Å². The number of oxime groups is 1. The van der Waals surface area contributed by atoms with Crippen molar-refractivity contribution in [2.24, 2.45) is 10.6 Å². The highest BCUT2D eigenvalue weighted by Gasteiger charge is 2.31. The van der Waals surface area contributed by atoms with E-state index in [1.807, 2.05) is 20.8 Å². The molecule has 0 bridgehead atoms. The molecule has 0 aromatic heterocycles. The Morgan fingerprint density at radius 3 is 2.75 bits per heavy atom. The highest BCUT2D eigenvalue weighted by atomic mass is 35.5. The molecule has 1 aromatic rings. The third kappa shape index (κ3) is 2.96. The summed E-state index contributed by atoms with van der Waals surface area (Å²) in [6.45, 7) is 5.45. The van der Waals surface area contributed by atoms with Gasteiger partial charge in [0.05, 0.1) is 11.1 Å². The highest BCUT2D eigenvalue weighted by Crippen LogP contribution is 2.36. The zero-order valence-electron chi connectivity index (χ0n) is 11.8. The van der Waals surface area contributed by atoms with Gasteiger partial charge in [-0.15, -0.1) is 0 Å². The molecule has 4 nitrogen and oxygen atoms in total. The highest BCUT2D eigenvalue weighted by molar-refractivity contribution is 6.30. The van der Waals surface area contributed by atoms with Crippen molar-refractivity contribution >= 4 is 23.3 Å². The van der Waals surface area contributed by atoms with Crippen LogP contribution in [0.25, 0.3) is 0 Å². The minimum Gasteiger partial charge on any atom is -0.457 e. The quantitative estimate of drug-likeness (QED) is 0.485. The van der Waals surface area contributed by atoms with Crippen molar-refractivity contribution in [3.05, 3.63) is 34.3 Å². The Morgan fingerprint density at radius 2 is 2.15 bits per heavy atom. The maximum atomic E-state index is 12.0. The summed E-state index contributed by atoms with van der Waals surface area (Å²) in [5.41, 5.74) is 1.63. The molecule has 0 fully saturated rings. The Bertz CT molecular complexity index is 561. The van der Waals surface area contributed by atoms with E-state index in [0.29, 0.717) is 23.6 Å². The fraction of sp³-hybridized carbons (Fsp3) is 0.467. The fourth-order valence-corrected chi connectivity index (χ4v) is 2.33. The van der Waals surface area contributed by atoms with Gasteiger partial charge in [0, 0.05) is 16.1 Å². The van der Waals surface area contributed by atoms with Gasteiger partial charge in [0.25, 0.3) is 0 Å². The van der Waals surface area contributed by atoms with E-state index in [-0.39, 0.29) is 12.1 Å². The number of nitrogens with zero attached hydrogens (tertiary/aromatic N) is 1. The van der Waals surface area contributed by atoms with Crippen molar-refractivity contribution in [3.63, 3.8) is 0 Å². The summed E-state index contributed by atoms with van der Waals surface area (Å²) in [5, 5.41) is 12.9. The second kappa shape index (κ2) is 5.44. The summed E-state index contributed by atoms with van der Waals surface area (Å²) in [7, 11) is 0. The molecule has 1 unspecified atom stereocenters. The number of hydrogen-bond donors (Lipinski definition) is 1. The monoisotopic (exact) mass is 295 g/mol. The van der Waals surface area contributed by atoms with Crippen molar-refractivity contribution in [2.75, 3.05) is 0 Å². The molecular formula is C15H18ClNO3. The van der Waals surface area contributed by atoms with Crippen molar-refractivity contribution in [3.8, 4) is 0 Å². The first-order valence-corrected chi connectivity index (χ1v) is 6.92. The van der Waals surface area contributed by atoms with Crippen LogP contribution < -0.4 is 0 Å².